The summed E-state index contributed by atoms with van der Waals surface area (Å²) in [5.74, 6) is 2.97. The highest BCUT2D eigenvalue weighted by molar-refractivity contribution is 7.99. The smallest absolute Gasteiger partial charge is 0.344 e. The molecule has 0 spiro atoms. The van der Waals surface area contributed by atoms with Crippen molar-refractivity contribution in [2.45, 2.75) is 82.1 Å². The van der Waals surface area contributed by atoms with Gasteiger partial charge in [-0.1, -0.05) is 11.8 Å². The van der Waals surface area contributed by atoms with Crippen molar-refractivity contribution in [3.05, 3.63) is 10.5 Å². The highest BCUT2D eigenvalue weighted by atomic mass is 32.2. The van der Waals surface area contributed by atoms with E-state index in [-0.39, 0.29) is 29.5 Å². The Hall–Kier alpha value is -1.28. The Morgan fingerprint density at radius 2 is 2.00 bits per heavy atom. The summed E-state index contributed by atoms with van der Waals surface area (Å²) in [6.45, 7) is 3.46. The van der Waals surface area contributed by atoms with Crippen molar-refractivity contribution >= 4 is 17.7 Å². The van der Waals surface area contributed by atoms with Gasteiger partial charge in [0.2, 0.25) is 5.91 Å². The molecule has 0 aromatic carbocycles. The van der Waals surface area contributed by atoms with Gasteiger partial charge in [0.05, 0.1) is 18.4 Å². The van der Waals surface area contributed by atoms with Gasteiger partial charge in [0.1, 0.15) is 0 Å². The molecule has 4 saturated carbocycles. The van der Waals surface area contributed by atoms with Crippen LogP contribution >= 0.6 is 11.8 Å². The Balaban J connectivity index is 1.17. The predicted octanol–water partition coefficient (Wildman–Crippen LogP) is 2.56. The first-order valence-electron chi connectivity index (χ1n) is 11.2. The Bertz CT molecular complexity index is 778. The Morgan fingerprint density at radius 1 is 1.31 bits per heavy atom. The van der Waals surface area contributed by atoms with Crippen molar-refractivity contribution in [2.75, 3.05) is 12.4 Å². The number of rotatable bonds is 7. The van der Waals surface area contributed by atoms with Crippen molar-refractivity contribution in [1.82, 2.24) is 20.1 Å². The molecule has 2 atom stereocenters. The first kappa shape index (κ1) is 19.7. The van der Waals surface area contributed by atoms with E-state index in [1.54, 1.807) is 4.57 Å². The van der Waals surface area contributed by atoms with Gasteiger partial charge in [-0.05, 0) is 81.5 Å². The molecular formula is C21H32N4O3S. The number of carbonyl (C=O) groups excluding carboxylic acids is 1. The topological polar surface area (TPSA) is 89.0 Å². The van der Waals surface area contributed by atoms with E-state index >= 15 is 0 Å². The van der Waals surface area contributed by atoms with Gasteiger partial charge < -0.3 is 10.1 Å². The first-order valence-corrected chi connectivity index (χ1v) is 12.2. The maximum Gasteiger partial charge on any atom is 0.344 e. The maximum atomic E-state index is 12.7. The summed E-state index contributed by atoms with van der Waals surface area (Å²) in [5.41, 5.74) is 0.0777. The minimum atomic E-state index is -0.231. The lowest BCUT2D eigenvalue weighted by Crippen LogP contribution is -2.56. The first-order chi connectivity index (χ1) is 14.0. The molecule has 1 aliphatic heterocycles. The fourth-order valence-electron chi connectivity index (χ4n) is 6.84. The molecule has 4 aliphatic carbocycles. The molecule has 0 unspecified atom stereocenters. The standard InChI is InChI=1S/C21H32N4O3S/c1-13(21-8-14-5-15(9-21)7-16(6-14)10-21)22-18(26)12-29-20-24-23-19(27)25(20)11-17-3-2-4-28-17/h13-17H,2-12H2,1H3,(H,22,26)(H,23,27)/t13-,14?,15?,16?,17-,21?/m1/s1. The molecule has 29 heavy (non-hydrogen) atoms. The molecule has 1 aromatic heterocycles. The van der Waals surface area contributed by atoms with Crippen LogP contribution in [0.25, 0.3) is 0 Å². The minimum absolute atomic E-state index is 0.0392. The van der Waals surface area contributed by atoms with Gasteiger partial charge in [-0.15, -0.1) is 5.10 Å². The number of H-pyrrole nitrogens is 1. The molecule has 8 heteroatoms. The predicted molar refractivity (Wildman–Crippen MR) is 111 cm³/mol. The average Bonchev–Trinajstić information content (AvgIpc) is 3.30. The third kappa shape index (κ3) is 3.90. The summed E-state index contributed by atoms with van der Waals surface area (Å²) in [5, 5.41) is 10.5. The lowest BCUT2D eigenvalue weighted by molar-refractivity contribution is -0.123. The second kappa shape index (κ2) is 7.76. The van der Waals surface area contributed by atoms with Gasteiger partial charge in [0.25, 0.3) is 0 Å². The zero-order chi connectivity index (χ0) is 20.0. The van der Waals surface area contributed by atoms with Gasteiger partial charge in [-0.25, -0.2) is 9.89 Å². The van der Waals surface area contributed by atoms with Crippen LogP contribution in [0, 0.1) is 23.2 Å². The van der Waals surface area contributed by atoms with Gasteiger partial charge in [-0.2, -0.15) is 0 Å². The van der Waals surface area contributed by atoms with Crippen molar-refractivity contribution < 1.29 is 9.53 Å². The number of hydrogen-bond donors (Lipinski definition) is 2. The van der Waals surface area contributed by atoms with E-state index in [1.165, 1.54) is 50.3 Å². The Morgan fingerprint density at radius 3 is 2.62 bits per heavy atom. The van der Waals surface area contributed by atoms with Crippen LogP contribution in [0.3, 0.4) is 0 Å². The van der Waals surface area contributed by atoms with Gasteiger partial charge in [0, 0.05) is 12.6 Å². The van der Waals surface area contributed by atoms with E-state index in [9.17, 15) is 9.59 Å². The highest BCUT2D eigenvalue weighted by Gasteiger charge is 2.53. The second-order valence-corrected chi connectivity index (χ2v) is 10.9. The molecule has 160 valence electrons. The number of nitrogens with zero attached hydrogens (tertiary/aromatic N) is 2. The molecule has 1 amide bonds. The molecule has 1 saturated heterocycles. The molecule has 2 heterocycles. The largest absolute Gasteiger partial charge is 0.376 e. The van der Waals surface area contributed by atoms with E-state index < -0.39 is 0 Å². The molecule has 2 N–H and O–H groups in total. The van der Waals surface area contributed by atoms with Crippen LogP contribution < -0.4 is 11.0 Å². The van der Waals surface area contributed by atoms with Crippen LogP contribution in [0.5, 0.6) is 0 Å². The summed E-state index contributed by atoms with van der Waals surface area (Å²) in [7, 11) is 0. The van der Waals surface area contributed by atoms with Crippen LogP contribution in [0.15, 0.2) is 9.95 Å². The van der Waals surface area contributed by atoms with Crippen LogP contribution in [0.4, 0.5) is 0 Å². The number of ether oxygens (including phenoxy) is 1. The molecule has 6 rings (SSSR count). The second-order valence-electron chi connectivity index (χ2n) is 9.91. The van der Waals surface area contributed by atoms with Crippen molar-refractivity contribution in [3.8, 4) is 0 Å². The van der Waals surface area contributed by atoms with Crippen LogP contribution in [-0.4, -0.2) is 45.2 Å². The number of amides is 1. The van der Waals surface area contributed by atoms with Gasteiger partial charge >= 0.3 is 5.69 Å². The lowest BCUT2D eigenvalue weighted by Gasteiger charge is -2.59. The third-order valence-electron chi connectivity index (χ3n) is 7.85. The van der Waals surface area contributed by atoms with Crippen LogP contribution in [0.2, 0.25) is 0 Å². The maximum absolute atomic E-state index is 12.7. The Labute approximate surface area is 175 Å². The van der Waals surface area contributed by atoms with E-state index in [1.807, 2.05) is 0 Å². The number of hydrogen-bond acceptors (Lipinski definition) is 5. The van der Waals surface area contributed by atoms with Crippen LogP contribution in [-0.2, 0) is 16.1 Å². The molecular weight excluding hydrogens is 388 g/mol. The Kier molecular flexibility index (Phi) is 5.26. The quantitative estimate of drug-likeness (QED) is 0.662. The fourth-order valence-corrected chi connectivity index (χ4v) is 7.61. The summed E-state index contributed by atoms with van der Waals surface area (Å²) in [4.78, 5) is 24.8. The summed E-state index contributed by atoms with van der Waals surface area (Å²) in [6.07, 6.45) is 10.2. The normalized spacial score (nSPS) is 36.4. The minimum Gasteiger partial charge on any atom is -0.376 e. The van der Waals surface area contributed by atoms with Gasteiger partial charge in [-0.3, -0.25) is 9.36 Å². The highest BCUT2D eigenvalue weighted by Crippen LogP contribution is 2.61. The summed E-state index contributed by atoms with van der Waals surface area (Å²) in [6, 6.07) is 0.220. The third-order valence-corrected chi connectivity index (χ3v) is 8.82. The molecule has 5 aliphatic rings. The van der Waals surface area contributed by atoms with Crippen molar-refractivity contribution in [2.24, 2.45) is 23.2 Å². The SMILES string of the molecule is C[C@@H](NC(=O)CSc1n[nH]c(=O)n1C[C@H]1CCCO1)C12CC3CC(CC(C3)C1)C2. The summed E-state index contributed by atoms with van der Waals surface area (Å²) >= 11 is 1.33. The molecule has 0 radical (unpaired) electrons. The van der Waals surface area contributed by atoms with E-state index in [0.717, 1.165) is 37.2 Å². The van der Waals surface area contributed by atoms with Gasteiger partial charge in [0.15, 0.2) is 5.16 Å². The lowest BCUT2D eigenvalue weighted by atomic mass is 9.48. The molecule has 7 nitrogen and oxygen atoms in total. The monoisotopic (exact) mass is 420 g/mol. The zero-order valence-corrected chi connectivity index (χ0v) is 18.0. The molecule has 4 bridgehead atoms. The van der Waals surface area contributed by atoms with E-state index in [4.69, 9.17) is 4.74 Å². The van der Waals surface area contributed by atoms with Crippen LogP contribution in [0.1, 0.15) is 58.3 Å². The van der Waals surface area contributed by atoms with E-state index in [2.05, 4.69) is 22.4 Å². The molecule has 5 fully saturated rings. The number of carbonyl (C=O) groups is 1. The number of aromatic nitrogens is 3. The number of nitrogens with one attached hydrogen (secondary N) is 2. The molecule has 1 aromatic rings. The van der Waals surface area contributed by atoms with Crippen molar-refractivity contribution in [3.63, 3.8) is 0 Å². The summed E-state index contributed by atoms with van der Waals surface area (Å²) < 4.78 is 7.25. The number of aromatic amines is 1. The van der Waals surface area contributed by atoms with Crippen molar-refractivity contribution in [1.29, 1.82) is 0 Å². The average molecular weight is 421 g/mol. The zero-order valence-electron chi connectivity index (χ0n) is 17.2. The van der Waals surface area contributed by atoms with E-state index in [0.29, 0.717) is 17.1 Å². The number of thioether (sulfide) groups is 1. The fraction of sp³-hybridized carbons (Fsp3) is 0.857.